The highest BCUT2D eigenvalue weighted by Gasteiger charge is 2.59. The highest BCUT2D eigenvalue weighted by Crippen LogP contribution is 2.38. The van der Waals surface area contributed by atoms with Crippen LogP contribution in [0.2, 0.25) is 0 Å². The van der Waals surface area contributed by atoms with Gasteiger partial charge >= 0.3 is 23.9 Å². The third-order valence-corrected chi connectivity index (χ3v) is 9.66. The van der Waals surface area contributed by atoms with Gasteiger partial charge in [-0.15, -0.1) is 0 Å². The smallest absolute Gasteiger partial charge is 0.303 e. The molecule has 17 nitrogen and oxygen atoms in total. The van der Waals surface area contributed by atoms with E-state index in [0.717, 1.165) is 43.7 Å². The maximum Gasteiger partial charge on any atom is 0.303 e. The SMILES string of the molecule is CO[C@@H]1O[C@H](COCc2ccccc2)[C@@H](O[C@@H]2O[C@H](COCc3ccccc3)[C@@H](OC(C)=O)[C@H](OC(C)=O)[C@H]2OC(C)=O)[C@H](OC(C)=O)[C@H]1N1C(=O)C(C)=C(C)C1=O. The summed E-state index contributed by atoms with van der Waals surface area (Å²) in [7, 11) is 1.30. The molecule has 17 heteroatoms. The number of carbonyl (C=O) groups excluding carboxylic acids is 6. The predicted molar refractivity (Wildman–Crippen MR) is 198 cm³/mol. The summed E-state index contributed by atoms with van der Waals surface area (Å²) in [5, 5.41) is 0. The van der Waals surface area contributed by atoms with E-state index in [1.807, 2.05) is 60.7 Å². The van der Waals surface area contributed by atoms with Gasteiger partial charge in [0.2, 0.25) is 0 Å². The summed E-state index contributed by atoms with van der Waals surface area (Å²) in [6.45, 7) is 7.24. The van der Waals surface area contributed by atoms with E-state index in [9.17, 15) is 28.8 Å². The van der Waals surface area contributed by atoms with Crippen LogP contribution in [0.3, 0.4) is 0 Å². The Morgan fingerprint density at radius 1 is 0.569 bits per heavy atom. The first-order valence-electron chi connectivity index (χ1n) is 18.7. The zero-order valence-electron chi connectivity index (χ0n) is 33.4. The molecule has 0 N–H and O–H groups in total. The summed E-state index contributed by atoms with van der Waals surface area (Å²) < 4.78 is 60.1. The van der Waals surface area contributed by atoms with E-state index in [2.05, 4.69) is 0 Å². The molecular weight excluding hydrogens is 762 g/mol. The zero-order valence-corrected chi connectivity index (χ0v) is 33.4. The van der Waals surface area contributed by atoms with E-state index >= 15 is 0 Å². The number of amides is 2. The molecule has 0 radical (unpaired) electrons. The quantitative estimate of drug-likeness (QED) is 0.136. The Balaban J connectivity index is 1.57. The van der Waals surface area contributed by atoms with E-state index in [-0.39, 0.29) is 37.6 Å². The van der Waals surface area contributed by atoms with E-state index < -0.39 is 97.0 Å². The Morgan fingerprint density at radius 2 is 0.983 bits per heavy atom. The molecule has 0 saturated carbocycles. The average Bonchev–Trinajstić information content (AvgIpc) is 3.36. The molecule has 2 fully saturated rings. The van der Waals surface area contributed by atoms with Gasteiger partial charge in [0.1, 0.15) is 24.4 Å². The molecule has 5 rings (SSSR count). The normalized spacial score (nSPS) is 28.6. The van der Waals surface area contributed by atoms with Gasteiger partial charge in [-0.05, 0) is 25.0 Å². The van der Waals surface area contributed by atoms with E-state index in [1.54, 1.807) is 0 Å². The number of benzene rings is 2. The fourth-order valence-electron chi connectivity index (χ4n) is 7.02. The maximum absolute atomic E-state index is 13.7. The summed E-state index contributed by atoms with van der Waals surface area (Å²) in [5.41, 5.74) is 1.97. The summed E-state index contributed by atoms with van der Waals surface area (Å²) in [4.78, 5) is 78.9. The van der Waals surface area contributed by atoms with E-state index in [4.69, 9.17) is 47.4 Å². The Labute approximate surface area is 335 Å². The molecule has 2 aromatic rings. The van der Waals surface area contributed by atoms with Crippen molar-refractivity contribution in [1.82, 2.24) is 4.90 Å². The minimum Gasteiger partial charge on any atom is -0.457 e. The lowest BCUT2D eigenvalue weighted by Gasteiger charge is -2.50. The van der Waals surface area contributed by atoms with Crippen LogP contribution < -0.4 is 0 Å². The van der Waals surface area contributed by atoms with Crippen molar-refractivity contribution in [1.29, 1.82) is 0 Å². The molecule has 3 aliphatic heterocycles. The number of hydrogen-bond acceptors (Lipinski definition) is 16. The van der Waals surface area contributed by atoms with Crippen molar-refractivity contribution in [3.8, 4) is 0 Å². The first-order chi connectivity index (χ1) is 27.7. The number of ether oxygens (including phenoxy) is 10. The van der Waals surface area contributed by atoms with Crippen molar-refractivity contribution in [3.63, 3.8) is 0 Å². The standard InChI is InChI=1S/C41H49NO16/c1-22-23(2)39(48)42(38(22)47)32-35(53-25(4)44)33(30(56-40(32)49-7)20-50-18-28-14-10-8-11-15-28)58-41-37(55-27(6)46)36(54-26(5)45)34(52-24(3)43)31(57-41)21-51-19-29-16-12-9-13-17-29/h8-17,30-37,40-41H,18-21H2,1-7H3/t30-,31-,32-,33-,34-,35-,36+,37-,40-,41+/m1/s1. The molecular formula is C41H49NO16. The van der Waals surface area contributed by atoms with Gasteiger partial charge in [-0.2, -0.15) is 0 Å². The topological polar surface area (TPSA) is 198 Å². The molecule has 0 spiro atoms. The molecule has 3 aliphatic rings. The average molecular weight is 812 g/mol. The predicted octanol–water partition coefficient (Wildman–Crippen LogP) is 2.70. The van der Waals surface area contributed by atoms with Gasteiger partial charge in [-0.3, -0.25) is 33.7 Å². The van der Waals surface area contributed by atoms with Gasteiger partial charge in [-0.1, -0.05) is 60.7 Å². The first-order valence-corrected chi connectivity index (χ1v) is 18.7. The molecule has 0 unspecified atom stereocenters. The number of carbonyl (C=O) groups is 6. The molecule has 3 heterocycles. The third-order valence-electron chi connectivity index (χ3n) is 9.66. The van der Waals surface area contributed by atoms with Gasteiger partial charge < -0.3 is 47.4 Å². The first kappa shape index (κ1) is 44.1. The Kier molecular flexibility index (Phi) is 15.3. The van der Waals surface area contributed by atoms with Gasteiger partial charge in [0.25, 0.3) is 11.8 Å². The van der Waals surface area contributed by atoms with Crippen molar-refractivity contribution in [2.75, 3.05) is 20.3 Å². The lowest BCUT2D eigenvalue weighted by Crippen LogP contribution is -2.69. The zero-order chi connectivity index (χ0) is 42.1. The lowest BCUT2D eigenvalue weighted by molar-refractivity contribution is -0.353. The number of hydrogen-bond donors (Lipinski definition) is 0. The van der Waals surface area contributed by atoms with E-state index in [1.165, 1.54) is 21.0 Å². The molecule has 58 heavy (non-hydrogen) atoms. The molecule has 314 valence electrons. The van der Waals surface area contributed by atoms with Crippen LogP contribution in [-0.4, -0.2) is 122 Å². The highest BCUT2D eigenvalue weighted by atomic mass is 16.8. The minimum absolute atomic E-state index is 0.112. The fraction of sp³-hybridized carbons (Fsp3) is 0.512. The van der Waals surface area contributed by atoms with Crippen molar-refractivity contribution < 1.29 is 76.1 Å². The molecule has 2 saturated heterocycles. The van der Waals surface area contributed by atoms with Crippen molar-refractivity contribution in [2.24, 2.45) is 0 Å². The molecule has 2 amide bonds. The van der Waals surface area contributed by atoms with Crippen molar-refractivity contribution in [2.45, 2.75) is 116 Å². The van der Waals surface area contributed by atoms with Crippen LogP contribution in [0.15, 0.2) is 71.8 Å². The van der Waals surface area contributed by atoms with E-state index in [0.29, 0.717) is 0 Å². The number of rotatable bonds is 16. The second-order valence-corrected chi connectivity index (χ2v) is 13.9. The van der Waals surface area contributed by atoms with Crippen LogP contribution in [0.1, 0.15) is 52.7 Å². The lowest BCUT2D eigenvalue weighted by atomic mass is 9.93. The minimum atomic E-state index is -1.68. The molecule has 0 bridgehead atoms. The highest BCUT2D eigenvalue weighted by molar-refractivity contribution is 6.19. The largest absolute Gasteiger partial charge is 0.457 e. The number of imide groups is 1. The van der Waals surface area contributed by atoms with Crippen molar-refractivity contribution in [3.05, 3.63) is 82.9 Å². The Hall–Kier alpha value is -5.04. The van der Waals surface area contributed by atoms with Crippen LogP contribution in [0.25, 0.3) is 0 Å². The third kappa shape index (κ3) is 10.7. The second kappa shape index (κ2) is 20.1. The maximum atomic E-state index is 13.7. The van der Waals surface area contributed by atoms with Crippen LogP contribution in [0.4, 0.5) is 0 Å². The Bertz CT molecular complexity index is 1790. The van der Waals surface area contributed by atoms with Crippen LogP contribution in [0.5, 0.6) is 0 Å². The number of nitrogens with zero attached hydrogens (tertiary/aromatic N) is 1. The van der Waals surface area contributed by atoms with Gasteiger partial charge in [0.05, 0.1) is 26.4 Å². The molecule has 2 aromatic carbocycles. The summed E-state index contributed by atoms with van der Waals surface area (Å²) in [6, 6.07) is 17.0. The van der Waals surface area contributed by atoms with Gasteiger partial charge in [0, 0.05) is 46.0 Å². The van der Waals surface area contributed by atoms with Crippen LogP contribution in [0, 0.1) is 0 Å². The summed E-state index contributed by atoms with van der Waals surface area (Å²) in [5.74, 6) is -4.59. The van der Waals surface area contributed by atoms with Crippen LogP contribution >= 0.6 is 0 Å². The van der Waals surface area contributed by atoms with Gasteiger partial charge in [0.15, 0.2) is 37.0 Å². The molecule has 10 atom stereocenters. The van der Waals surface area contributed by atoms with Crippen molar-refractivity contribution >= 4 is 35.7 Å². The molecule has 0 aliphatic carbocycles. The monoisotopic (exact) mass is 811 g/mol. The van der Waals surface area contributed by atoms with Gasteiger partial charge in [-0.25, -0.2) is 0 Å². The second-order valence-electron chi connectivity index (χ2n) is 13.9. The molecule has 0 aromatic heterocycles. The number of methoxy groups -OCH3 is 1. The van der Waals surface area contributed by atoms with Crippen LogP contribution in [-0.2, 0) is 89.3 Å². The number of esters is 4. The fourth-order valence-corrected chi connectivity index (χ4v) is 7.02. The summed E-state index contributed by atoms with van der Waals surface area (Å²) in [6.07, 6.45) is -12.9. The summed E-state index contributed by atoms with van der Waals surface area (Å²) >= 11 is 0. The Morgan fingerprint density at radius 3 is 1.45 bits per heavy atom.